The summed E-state index contributed by atoms with van der Waals surface area (Å²) in [5.74, 6) is -0.536. The van der Waals surface area contributed by atoms with Crippen LogP contribution in [0.5, 0.6) is 0 Å². The van der Waals surface area contributed by atoms with Crippen molar-refractivity contribution < 1.29 is 18.0 Å². The topological polar surface area (TPSA) is 41.1 Å². The summed E-state index contributed by atoms with van der Waals surface area (Å²) in [4.78, 5) is 11.8. The summed E-state index contributed by atoms with van der Waals surface area (Å²) in [5, 5.41) is 5.67. The standard InChI is InChI=1S/C15H11Cl2F3N2O/c16-10-2-1-3-11(7-10)21-8-14(23)22-13-6-9(15(18,19)20)4-5-12(13)17/h1-7,21H,8H2,(H,22,23). The Kier molecular flexibility index (Phi) is 5.38. The van der Waals surface area contributed by atoms with Crippen LogP contribution in [0, 0.1) is 0 Å². The fourth-order valence-electron chi connectivity index (χ4n) is 1.77. The molecule has 0 spiro atoms. The molecule has 3 nitrogen and oxygen atoms in total. The number of carbonyl (C=O) groups is 1. The van der Waals surface area contributed by atoms with Crippen molar-refractivity contribution in [1.29, 1.82) is 0 Å². The van der Waals surface area contributed by atoms with Gasteiger partial charge in [-0.2, -0.15) is 13.2 Å². The second-order valence-corrected chi connectivity index (χ2v) is 5.45. The second kappa shape index (κ2) is 7.10. The fraction of sp³-hybridized carbons (Fsp3) is 0.133. The number of hydrogen-bond donors (Lipinski definition) is 2. The monoisotopic (exact) mass is 362 g/mol. The number of hydrogen-bond acceptors (Lipinski definition) is 2. The first-order chi connectivity index (χ1) is 10.8. The van der Waals surface area contributed by atoms with Gasteiger partial charge in [0.05, 0.1) is 22.8 Å². The van der Waals surface area contributed by atoms with Gasteiger partial charge >= 0.3 is 6.18 Å². The van der Waals surface area contributed by atoms with E-state index in [0.29, 0.717) is 10.7 Å². The molecule has 1 amide bonds. The molecular weight excluding hydrogens is 352 g/mol. The van der Waals surface area contributed by atoms with Crippen molar-refractivity contribution in [3.05, 3.63) is 58.1 Å². The lowest BCUT2D eigenvalue weighted by Crippen LogP contribution is -2.22. The highest BCUT2D eigenvalue weighted by molar-refractivity contribution is 6.33. The number of carbonyl (C=O) groups excluding carboxylic acids is 1. The number of alkyl halides is 3. The van der Waals surface area contributed by atoms with Crippen molar-refractivity contribution in [2.24, 2.45) is 0 Å². The SMILES string of the molecule is O=C(CNc1cccc(Cl)c1)Nc1cc(C(F)(F)F)ccc1Cl. The van der Waals surface area contributed by atoms with Crippen LogP contribution in [-0.4, -0.2) is 12.5 Å². The molecular formula is C15H11Cl2F3N2O. The van der Waals surface area contributed by atoms with Crippen LogP contribution in [0.1, 0.15) is 5.56 Å². The number of nitrogens with one attached hydrogen (secondary N) is 2. The van der Waals surface area contributed by atoms with Gasteiger partial charge in [0.25, 0.3) is 0 Å². The molecule has 0 aliphatic rings. The third-order valence-corrected chi connectivity index (χ3v) is 3.41. The zero-order valence-corrected chi connectivity index (χ0v) is 13.1. The Hall–Kier alpha value is -1.92. The van der Waals surface area contributed by atoms with Gasteiger partial charge in [0, 0.05) is 10.7 Å². The van der Waals surface area contributed by atoms with E-state index < -0.39 is 17.6 Å². The molecule has 23 heavy (non-hydrogen) atoms. The summed E-state index contributed by atoms with van der Waals surface area (Å²) < 4.78 is 38.0. The van der Waals surface area contributed by atoms with Crippen molar-refractivity contribution in [2.45, 2.75) is 6.18 Å². The molecule has 0 unspecified atom stereocenters. The summed E-state index contributed by atoms with van der Waals surface area (Å²) in [6.07, 6.45) is -4.51. The molecule has 0 saturated carbocycles. The Bertz CT molecular complexity index is 720. The predicted octanol–water partition coefficient (Wildman–Crippen LogP) is 5.06. The number of halogens is 5. The Labute approximate surface area is 140 Å². The van der Waals surface area contributed by atoms with E-state index in [2.05, 4.69) is 10.6 Å². The lowest BCUT2D eigenvalue weighted by atomic mass is 10.2. The summed E-state index contributed by atoms with van der Waals surface area (Å²) in [5.41, 5.74) is -0.373. The molecule has 0 aliphatic heterocycles. The zero-order chi connectivity index (χ0) is 17.0. The van der Waals surface area contributed by atoms with Crippen LogP contribution in [0.25, 0.3) is 0 Å². The van der Waals surface area contributed by atoms with Crippen LogP contribution in [-0.2, 0) is 11.0 Å². The molecule has 2 rings (SSSR count). The van der Waals surface area contributed by atoms with Gasteiger partial charge in [0.1, 0.15) is 0 Å². The molecule has 0 fully saturated rings. The summed E-state index contributed by atoms with van der Waals surface area (Å²) in [6, 6.07) is 9.43. The molecule has 0 aliphatic carbocycles. The summed E-state index contributed by atoms with van der Waals surface area (Å²) in [7, 11) is 0. The molecule has 8 heteroatoms. The minimum Gasteiger partial charge on any atom is -0.376 e. The first-order valence-corrected chi connectivity index (χ1v) is 7.17. The molecule has 0 bridgehead atoms. The molecule has 0 saturated heterocycles. The van der Waals surface area contributed by atoms with Crippen molar-refractivity contribution in [3.63, 3.8) is 0 Å². The molecule has 122 valence electrons. The van der Waals surface area contributed by atoms with Crippen LogP contribution in [0.4, 0.5) is 24.5 Å². The Morgan fingerprint density at radius 3 is 2.48 bits per heavy atom. The molecule has 0 aromatic heterocycles. The highest BCUT2D eigenvalue weighted by Crippen LogP contribution is 2.33. The van der Waals surface area contributed by atoms with Crippen molar-refractivity contribution >= 4 is 40.5 Å². The van der Waals surface area contributed by atoms with E-state index in [1.54, 1.807) is 24.3 Å². The second-order valence-electron chi connectivity index (χ2n) is 4.60. The Balaban J connectivity index is 2.02. The van der Waals surface area contributed by atoms with Gasteiger partial charge in [-0.1, -0.05) is 29.3 Å². The van der Waals surface area contributed by atoms with E-state index in [1.165, 1.54) is 0 Å². The van der Waals surface area contributed by atoms with E-state index in [-0.39, 0.29) is 17.3 Å². The maximum atomic E-state index is 12.7. The zero-order valence-electron chi connectivity index (χ0n) is 11.5. The van der Waals surface area contributed by atoms with Gasteiger partial charge in [0.2, 0.25) is 5.91 Å². The third kappa shape index (κ3) is 5.04. The van der Waals surface area contributed by atoms with Crippen LogP contribution < -0.4 is 10.6 Å². The third-order valence-electron chi connectivity index (χ3n) is 2.85. The molecule has 0 atom stereocenters. The maximum absolute atomic E-state index is 12.7. The Morgan fingerprint density at radius 2 is 1.83 bits per heavy atom. The maximum Gasteiger partial charge on any atom is 0.416 e. The van der Waals surface area contributed by atoms with E-state index in [1.807, 2.05) is 0 Å². The summed E-state index contributed by atoms with van der Waals surface area (Å²) in [6.45, 7) is -0.146. The average Bonchev–Trinajstić information content (AvgIpc) is 2.46. The van der Waals surface area contributed by atoms with Crippen LogP contribution in [0.15, 0.2) is 42.5 Å². The van der Waals surface area contributed by atoms with Gasteiger partial charge < -0.3 is 10.6 Å². The first-order valence-electron chi connectivity index (χ1n) is 6.42. The fourth-order valence-corrected chi connectivity index (χ4v) is 2.13. The summed E-state index contributed by atoms with van der Waals surface area (Å²) >= 11 is 11.6. The Morgan fingerprint density at radius 1 is 1.09 bits per heavy atom. The number of anilines is 2. The number of rotatable bonds is 4. The van der Waals surface area contributed by atoms with Crippen molar-refractivity contribution in [2.75, 3.05) is 17.2 Å². The minimum atomic E-state index is -4.51. The molecule has 2 aromatic rings. The number of benzene rings is 2. The average molecular weight is 363 g/mol. The van der Waals surface area contributed by atoms with E-state index in [0.717, 1.165) is 18.2 Å². The van der Waals surface area contributed by atoms with Gasteiger partial charge in [-0.15, -0.1) is 0 Å². The van der Waals surface area contributed by atoms with Crippen LogP contribution in [0.2, 0.25) is 10.0 Å². The van der Waals surface area contributed by atoms with E-state index in [4.69, 9.17) is 23.2 Å². The molecule has 2 N–H and O–H groups in total. The largest absolute Gasteiger partial charge is 0.416 e. The van der Waals surface area contributed by atoms with Crippen molar-refractivity contribution in [3.8, 4) is 0 Å². The quantitative estimate of drug-likeness (QED) is 0.797. The van der Waals surface area contributed by atoms with Gasteiger partial charge in [-0.05, 0) is 36.4 Å². The molecule has 2 aromatic carbocycles. The highest BCUT2D eigenvalue weighted by atomic mass is 35.5. The normalized spacial score (nSPS) is 11.2. The van der Waals surface area contributed by atoms with Crippen LogP contribution >= 0.6 is 23.2 Å². The van der Waals surface area contributed by atoms with Crippen LogP contribution in [0.3, 0.4) is 0 Å². The van der Waals surface area contributed by atoms with Gasteiger partial charge in [0.15, 0.2) is 0 Å². The molecule has 0 heterocycles. The predicted molar refractivity (Wildman–Crippen MR) is 85.0 cm³/mol. The minimum absolute atomic E-state index is 0.0223. The smallest absolute Gasteiger partial charge is 0.376 e. The lowest BCUT2D eigenvalue weighted by molar-refractivity contribution is -0.137. The van der Waals surface area contributed by atoms with Gasteiger partial charge in [-0.25, -0.2) is 0 Å². The molecule has 0 radical (unpaired) electrons. The van der Waals surface area contributed by atoms with Crippen molar-refractivity contribution in [1.82, 2.24) is 0 Å². The highest BCUT2D eigenvalue weighted by Gasteiger charge is 2.31. The lowest BCUT2D eigenvalue weighted by Gasteiger charge is -2.12. The number of amides is 1. The van der Waals surface area contributed by atoms with E-state index >= 15 is 0 Å². The van der Waals surface area contributed by atoms with E-state index in [9.17, 15) is 18.0 Å². The van der Waals surface area contributed by atoms with Gasteiger partial charge in [-0.3, -0.25) is 4.79 Å². The first kappa shape index (κ1) is 17.4.